The molecule has 3 rings (SSSR count). The summed E-state index contributed by atoms with van der Waals surface area (Å²) in [7, 11) is 0. The number of halogens is 1. The third-order valence-electron chi connectivity index (χ3n) is 4.72. The zero-order chi connectivity index (χ0) is 17.4. The average Bonchev–Trinajstić information content (AvgIpc) is 2.89. The van der Waals surface area contributed by atoms with Crippen molar-refractivity contribution in [3.8, 4) is 23.5 Å². The standard InChI is InChI=1S/C21H21ClN2/c1-5-11-24-13(3)12-18-19(15-7-9-16(22)10-8-15)17(6-2)14(4)20(23)21(18)24/h1,7-10,12H,6,11,23H2,2-4H3. The molecule has 0 spiro atoms. The molecule has 0 aliphatic rings. The number of fused-ring (bicyclic) bond motifs is 1. The largest absolute Gasteiger partial charge is 0.397 e. The molecular weight excluding hydrogens is 316 g/mol. The van der Waals surface area contributed by atoms with Crippen LogP contribution in [0.4, 0.5) is 5.69 Å². The lowest BCUT2D eigenvalue weighted by Gasteiger charge is -2.18. The zero-order valence-corrected chi connectivity index (χ0v) is 15.0. The van der Waals surface area contributed by atoms with Crippen molar-refractivity contribution in [1.82, 2.24) is 4.57 Å². The molecule has 122 valence electrons. The minimum atomic E-state index is 0.518. The third kappa shape index (κ3) is 2.46. The van der Waals surface area contributed by atoms with Gasteiger partial charge in [-0.1, -0.05) is 36.6 Å². The molecule has 0 aliphatic heterocycles. The van der Waals surface area contributed by atoms with E-state index in [2.05, 4.69) is 49.5 Å². The van der Waals surface area contributed by atoms with E-state index in [0.29, 0.717) is 6.54 Å². The maximum atomic E-state index is 6.50. The minimum absolute atomic E-state index is 0.518. The lowest BCUT2D eigenvalue weighted by molar-refractivity contribution is 0.848. The molecule has 2 nitrogen and oxygen atoms in total. The van der Waals surface area contributed by atoms with Crippen LogP contribution in [0, 0.1) is 26.2 Å². The summed E-state index contributed by atoms with van der Waals surface area (Å²) in [6, 6.07) is 10.2. The van der Waals surface area contributed by atoms with E-state index >= 15 is 0 Å². The highest BCUT2D eigenvalue weighted by Crippen LogP contribution is 2.40. The Labute approximate surface area is 148 Å². The average molecular weight is 337 g/mol. The van der Waals surface area contributed by atoms with Crippen LogP contribution in [0.3, 0.4) is 0 Å². The fourth-order valence-electron chi connectivity index (χ4n) is 3.53. The first-order valence-electron chi connectivity index (χ1n) is 8.09. The second kappa shape index (κ2) is 6.26. The topological polar surface area (TPSA) is 30.9 Å². The number of hydrogen-bond acceptors (Lipinski definition) is 1. The molecule has 1 aromatic heterocycles. The molecule has 0 amide bonds. The molecular formula is C21H21ClN2. The van der Waals surface area contributed by atoms with Gasteiger partial charge in [0.2, 0.25) is 0 Å². The number of rotatable bonds is 3. The number of nitrogens with zero attached hydrogens (tertiary/aromatic N) is 1. The van der Waals surface area contributed by atoms with Gasteiger partial charge in [-0.15, -0.1) is 6.42 Å². The molecule has 0 radical (unpaired) electrons. The maximum Gasteiger partial charge on any atom is 0.0838 e. The van der Waals surface area contributed by atoms with Gasteiger partial charge < -0.3 is 10.3 Å². The van der Waals surface area contributed by atoms with Gasteiger partial charge in [0.05, 0.1) is 17.7 Å². The van der Waals surface area contributed by atoms with E-state index < -0.39 is 0 Å². The van der Waals surface area contributed by atoms with Crippen LogP contribution in [0.15, 0.2) is 30.3 Å². The van der Waals surface area contributed by atoms with E-state index in [1.54, 1.807) is 0 Å². The molecule has 2 N–H and O–H groups in total. The number of nitrogen functional groups attached to an aromatic ring is 1. The van der Waals surface area contributed by atoms with Crippen molar-refractivity contribution in [2.75, 3.05) is 5.73 Å². The van der Waals surface area contributed by atoms with Crippen LogP contribution in [0.5, 0.6) is 0 Å². The van der Waals surface area contributed by atoms with Gasteiger partial charge in [0.25, 0.3) is 0 Å². The summed E-state index contributed by atoms with van der Waals surface area (Å²) < 4.78 is 2.12. The van der Waals surface area contributed by atoms with Gasteiger partial charge in [-0.2, -0.15) is 0 Å². The summed E-state index contributed by atoms with van der Waals surface area (Å²) in [6.07, 6.45) is 6.48. The number of benzene rings is 2. The molecule has 3 heteroatoms. The Morgan fingerprint density at radius 3 is 2.46 bits per heavy atom. The van der Waals surface area contributed by atoms with Crippen LogP contribution in [-0.2, 0) is 13.0 Å². The fourth-order valence-corrected chi connectivity index (χ4v) is 3.66. The van der Waals surface area contributed by atoms with E-state index in [1.165, 1.54) is 11.1 Å². The van der Waals surface area contributed by atoms with E-state index in [1.807, 2.05) is 12.1 Å². The van der Waals surface area contributed by atoms with Gasteiger partial charge >= 0.3 is 0 Å². The van der Waals surface area contributed by atoms with Crippen LogP contribution >= 0.6 is 11.6 Å². The summed E-state index contributed by atoms with van der Waals surface area (Å²) in [5.74, 6) is 2.74. The molecule has 24 heavy (non-hydrogen) atoms. The second-order valence-corrected chi connectivity index (χ2v) is 6.53. The Hall–Kier alpha value is -2.37. The van der Waals surface area contributed by atoms with Crippen molar-refractivity contribution in [2.24, 2.45) is 0 Å². The zero-order valence-electron chi connectivity index (χ0n) is 14.3. The van der Waals surface area contributed by atoms with E-state index in [-0.39, 0.29) is 0 Å². The summed E-state index contributed by atoms with van der Waals surface area (Å²) in [4.78, 5) is 0. The molecule has 0 fully saturated rings. The van der Waals surface area contributed by atoms with Gasteiger partial charge in [-0.05, 0) is 60.7 Å². The van der Waals surface area contributed by atoms with Crippen molar-refractivity contribution in [3.63, 3.8) is 0 Å². The van der Waals surface area contributed by atoms with Gasteiger partial charge in [0.15, 0.2) is 0 Å². The molecule has 1 heterocycles. The fraction of sp³-hybridized carbons (Fsp3) is 0.238. The molecule has 0 unspecified atom stereocenters. The van der Waals surface area contributed by atoms with Gasteiger partial charge in [-0.3, -0.25) is 0 Å². The Kier molecular flexibility index (Phi) is 4.30. The number of terminal acetylenes is 1. The lowest BCUT2D eigenvalue weighted by atomic mass is 9.90. The molecule has 0 aliphatic carbocycles. The number of aromatic nitrogens is 1. The van der Waals surface area contributed by atoms with Gasteiger partial charge in [0.1, 0.15) is 0 Å². The lowest BCUT2D eigenvalue weighted by Crippen LogP contribution is -2.04. The summed E-state index contributed by atoms with van der Waals surface area (Å²) in [6.45, 7) is 6.85. The van der Waals surface area contributed by atoms with E-state index in [4.69, 9.17) is 23.8 Å². The first kappa shape index (κ1) is 16.5. The molecule has 2 aromatic carbocycles. The monoisotopic (exact) mass is 336 g/mol. The minimum Gasteiger partial charge on any atom is -0.397 e. The smallest absolute Gasteiger partial charge is 0.0838 e. The quantitative estimate of drug-likeness (QED) is 0.507. The molecule has 0 bridgehead atoms. The normalized spacial score (nSPS) is 11.0. The predicted molar refractivity (Wildman–Crippen MR) is 104 cm³/mol. The predicted octanol–water partition coefficient (Wildman–Crippen LogP) is 5.36. The van der Waals surface area contributed by atoms with Crippen molar-refractivity contribution >= 4 is 28.2 Å². The summed E-state index contributed by atoms with van der Waals surface area (Å²) in [5, 5.41) is 1.89. The Morgan fingerprint density at radius 2 is 1.88 bits per heavy atom. The number of anilines is 1. The number of hydrogen-bond donors (Lipinski definition) is 1. The number of aryl methyl sites for hydroxylation is 1. The molecule has 3 aromatic rings. The highest BCUT2D eigenvalue weighted by molar-refractivity contribution is 6.30. The molecule has 0 saturated carbocycles. The Bertz CT molecular complexity index is 957. The van der Waals surface area contributed by atoms with Crippen LogP contribution in [0.2, 0.25) is 5.02 Å². The van der Waals surface area contributed by atoms with Crippen molar-refractivity contribution in [2.45, 2.75) is 33.7 Å². The highest BCUT2D eigenvalue weighted by atomic mass is 35.5. The van der Waals surface area contributed by atoms with E-state index in [0.717, 1.165) is 44.9 Å². The summed E-state index contributed by atoms with van der Waals surface area (Å²) >= 11 is 6.07. The van der Waals surface area contributed by atoms with Crippen LogP contribution in [-0.4, -0.2) is 4.57 Å². The Balaban J connectivity index is 2.47. The second-order valence-electron chi connectivity index (χ2n) is 6.09. The van der Waals surface area contributed by atoms with Crippen LogP contribution < -0.4 is 5.73 Å². The van der Waals surface area contributed by atoms with Crippen molar-refractivity contribution in [3.05, 3.63) is 52.2 Å². The van der Waals surface area contributed by atoms with Crippen molar-refractivity contribution < 1.29 is 0 Å². The van der Waals surface area contributed by atoms with Crippen LogP contribution in [0.1, 0.15) is 23.7 Å². The van der Waals surface area contributed by atoms with Crippen molar-refractivity contribution in [1.29, 1.82) is 0 Å². The number of nitrogens with two attached hydrogens (primary N) is 1. The summed E-state index contributed by atoms with van der Waals surface area (Å²) in [5.41, 5.74) is 14.3. The van der Waals surface area contributed by atoms with Gasteiger partial charge in [-0.25, -0.2) is 0 Å². The van der Waals surface area contributed by atoms with E-state index in [9.17, 15) is 0 Å². The molecule has 0 saturated heterocycles. The third-order valence-corrected chi connectivity index (χ3v) is 4.97. The van der Waals surface area contributed by atoms with Gasteiger partial charge in [0, 0.05) is 16.1 Å². The first-order valence-corrected chi connectivity index (χ1v) is 8.47. The highest BCUT2D eigenvalue weighted by Gasteiger charge is 2.19. The first-order chi connectivity index (χ1) is 11.5. The Morgan fingerprint density at radius 1 is 1.21 bits per heavy atom. The SMILES string of the molecule is C#CCn1c(C)cc2c(-c3ccc(Cl)cc3)c(CC)c(C)c(N)c21. The molecule has 0 atom stereocenters. The maximum absolute atomic E-state index is 6.50. The van der Waals surface area contributed by atoms with Crippen LogP contribution in [0.25, 0.3) is 22.0 Å².